The van der Waals surface area contributed by atoms with Gasteiger partial charge in [-0.2, -0.15) is 19.7 Å². The number of rotatable bonds is 12. The fourth-order valence-electron chi connectivity index (χ4n) is 4.13. The Hall–Kier alpha value is -2.31. The maximum atomic E-state index is 12.4. The number of halogens is 1. The number of sulfone groups is 1. The zero-order chi connectivity index (χ0) is 33.3. The number of nitrogens with zero attached hydrogens (tertiary/aromatic N) is 7. The number of nitrogens with one attached hydrogen (secondary N) is 1. The molecule has 0 atom stereocenters. The van der Waals surface area contributed by atoms with Crippen molar-refractivity contribution in [2.75, 3.05) is 29.1 Å². The summed E-state index contributed by atoms with van der Waals surface area (Å²) in [5.41, 5.74) is 2.24. The van der Waals surface area contributed by atoms with E-state index in [0.717, 1.165) is 6.07 Å². The molecule has 0 fully saturated rings. The van der Waals surface area contributed by atoms with Crippen molar-refractivity contribution in [3.05, 3.63) is 72.0 Å². The summed E-state index contributed by atoms with van der Waals surface area (Å²) < 4.78 is 94.5. The molecular formula is C25H21ClN8Na2O9S3. The van der Waals surface area contributed by atoms with Gasteiger partial charge < -0.3 is 19.3 Å². The van der Waals surface area contributed by atoms with E-state index in [1.165, 1.54) is 41.2 Å². The van der Waals surface area contributed by atoms with Crippen molar-refractivity contribution < 1.29 is 97.7 Å². The molecule has 0 amide bonds. The minimum Gasteiger partial charge on any atom is -0.744 e. The molecule has 1 N–H and O–H groups in total. The Kier molecular flexibility index (Phi) is 13.5. The Morgan fingerprint density at radius 2 is 1.46 bits per heavy atom. The fourth-order valence-corrected chi connectivity index (χ4v) is 6.25. The van der Waals surface area contributed by atoms with Crippen molar-refractivity contribution in [1.29, 1.82) is 0 Å². The number of benzene rings is 3. The third-order valence-electron chi connectivity index (χ3n) is 6.24. The summed E-state index contributed by atoms with van der Waals surface area (Å²) in [6, 6.07) is 16.1. The van der Waals surface area contributed by atoms with Gasteiger partial charge in [0.15, 0.2) is 9.84 Å². The number of anilines is 4. The topological polar surface area (TPSA) is 242 Å². The molecule has 2 aromatic heterocycles. The van der Waals surface area contributed by atoms with Crippen LogP contribution in [-0.4, -0.2) is 83.2 Å². The van der Waals surface area contributed by atoms with Crippen molar-refractivity contribution in [1.82, 2.24) is 29.9 Å². The molecule has 0 aliphatic carbocycles. The van der Waals surface area contributed by atoms with Crippen LogP contribution in [-0.2, 0) is 34.5 Å². The monoisotopic (exact) mass is 754 g/mol. The quantitative estimate of drug-likeness (QED) is 0.0733. The number of hydrogen-bond donors (Lipinski definition) is 1. The first-order valence-corrected chi connectivity index (χ1v) is 17.7. The second kappa shape index (κ2) is 16.1. The number of hydrogen-bond acceptors (Lipinski definition) is 16. The molecule has 0 radical (unpaired) electrons. The van der Waals surface area contributed by atoms with Crippen LogP contribution >= 0.6 is 11.6 Å². The minimum atomic E-state index is -5.01. The molecule has 0 saturated carbocycles. The van der Waals surface area contributed by atoms with Gasteiger partial charge in [-0.1, -0.05) is 0 Å². The molecule has 0 saturated heterocycles. The van der Waals surface area contributed by atoms with E-state index in [0.29, 0.717) is 29.1 Å². The zero-order valence-electron chi connectivity index (χ0n) is 25.4. The van der Waals surface area contributed by atoms with Gasteiger partial charge in [-0.25, -0.2) is 25.3 Å². The first kappa shape index (κ1) is 40.1. The Balaban J connectivity index is 0.00000312. The van der Waals surface area contributed by atoms with Gasteiger partial charge in [0.25, 0.3) is 0 Å². The molecular weight excluding hydrogens is 734 g/mol. The molecule has 48 heavy (non-hydrogen) atoms. The molecule has 0 unspecified atom stereocenters. The smallest absolute Gasteiger partial charge is 0.744 e. The standard InChI is InChI=1S/C25H23ClN8O9S3.2Na/c1-2-33(17-5-7-18(8-6-17)34-31-21-12-11-20(45(37,38)39)15-22(21)32-34)25-29-23(26)28-24(30-25)27-16-3-9-19(10-4-16)44(35,36)14-13-43-46(40,41)42;;/h3-12,15H,2,13-14H2,1H3,(H,37,38,39)(H,40,41,42)(H,27,28,29,30);;/q;2*+1/p-2. The molecule has 0 spiro atoms. The van der Waals surface area contributed by atoms with Crippen LogP contribution in [0.1, 0.15) is 6.92 Å². The first-order valence-electron chi connectivity index (χ1n) is 12.9. The van der Waals surface area contributed by atoms with E-state index in [4.69, 9.17) is 11.6 Å². The summed E-state index contributed by atoms with van der Waals surface area (Å²) >= 11 is 6.19. The summed E-state index contributed by atoms with van der Waals surface area (Å²) in [6.07, 6.45) is 0. The van der Waals surface area contributed by atoms with E-state index in [1.54, 1.807) is 29.2 Å². The van der Waals surface area contributed by atoms with E-state index in [-0.39, 0.29) is 86.7 Å². The van der Waals surface area contributed by atoms with Crippen LogP contribution in [0.2, 0.25) is 5.28 Å². The van der Waals surface area contributed by atoms with Gasteiger partial charge in [0.1, 0.15) is 21.2 Å². The predicted octanol–water partition coefficient (Wildman–Crippen LogP) is -3.68. The van der Waals surface area contributed by atoms with Gasteiger partial charge in [0.2, 0.25) is 27.6 Å². The summed E-state index contributed by atoms with van der Waals surface area (Å²) in [5, 5.41) is 11.4. The van der Waals surface area contributed by atoms with Gasteiger partial charge >= 0.3 is 59.1 Å². The fraction of sp³-hybridized carbons (Fsp3) is 0.160. The van der Waals surface area contributed by atoms with Crippen molar-refractivity contribution in [2.45, 2.75) is 16.7 Å². The third-order valence-corrected chi connectivity index (χ3v) is 9.39. The van der Waals surface area contributed by atoms with Crippen LogP contribution in [0.15, 0.2) is 76.5 Å². The van der Waals surface area contributed by atoms with E-state index in [1.807, 2.05) is 6.92 Å². The molecule has 0 aliphatic rings. The van der Waals surface area contributed by atoms with Crippen LogP contribution < -0.4 is 69.3 Å². The molecule has 5 rings (SSSR count). The number of aromatic nitrogens is 6. The molecule has 2 heterocycles. The van der Waals surface area contributed by atoms with Gasteiger partial charge in [-0.3, -0.25) is 4.18 Å². The molecule has 242 valence electrons. The van der Waals surface area contributed by atoms with Crippen molar-refractivity contribution in [3.8, 4) is 5.69 Å². The largest absolute Gasteiger partial charge is 1.00 e. The number of fused-ring (bicyclic) bond motifs is 1. The van der Waals surface area contributed by atoms with Crippen LogP contribution in [0, 0.1) is 0 Å². The molecule has 23 heteroatoms. The average molecular weight is 755 g/mol. The average Bonchev–Trinajstić information content (AvgIpc) is 3.40. The van der Waals surface area contributed by atoms with Gasteiger partial charge in [0.05, 0.1) is 27.8 Å². The first-order chi connectivity index (χ1) is 21.6. The summed E-state index contributed by atoms with van der Waals surface area (Å²) in [5.74, 6) is -0.465. The van der Waals surface area contributed by atoms with E-state index >= 15 is 0 Å². The van der Waals surface area contributed by atoms with Gasteiger partial charge in [-0.15, -0.1) is 10.2 Å². The Morgan fingerprint density at radius 1 is 0.833 bits per heavy atom. The molecule has 0 bridgehead atoms. The summed E-state index contributed by atoms with van der Waals surface area (Å²) in [4.78, 5) is 15.2. The SMILES string of the molecule is CCN(c1ccc(-n2nc3ccc(S(=O)(=O)[O-])cc3n2)cc1)c1nc(Cl)nc(Nc2ccc(S(=O)(=O)CCOS(=O)(=O)[O-])cc2)n1.[Na+].[Na+]. The maximum absolute atomic E-state index is 12.4. The molecule has 17 nitrogen and oxygen atoms in total. The van der Waals surface area contributed by atoms with Crippen LogP contribution in [0.25, 0.3) is 16.7 Å². The van der Waals surface area contributed by atoms with Crippen LogP contribution in [0.5, 0.6) is 0 Å². The zero-order valence-corrected chi connectivity index (χ0v) is 32.6. The normalized spacial score (nSPS) is 11.8. The predicted molar refractivity (Wildman–Crippen MR) is 162 cm³/mol. The van der Waals surface area contributed by atoms with E-state index in [9.17, 15) is 34.4 Å². The maximum Gasteiger partial charge on any atom is 1.00 e. The summed E-state index contributed by atoms with van der Waals surface area (Å²) in [7, 11) is -13.6. The van der Waals surface area contributed by atoms with Crippen LogP contribution in [0.4, 0.5) is 23.3 Å². The van der Waals surface area contributed by atoms with Crippen LogP contribution in [0.3, 0.4) is 0 Å². The second-order valence-electron chi connectivity index (χ2n) is 9.28. The Bertz CT molecular complexity index is 2250. The van der Waals surface area contributed by atoms with E-state index < -0.39 is 47.6 Å². The van der Waals surface area contributed by atoms with Crippen molar-refractivity contribution in [3.63, 3.8) is 0 Å². The Labute approximate surface area is 324 Å². The molecule has 5 aromatic rings. The van der Waals surface area contributed by atoms with E-state index in [2.05, 4.69) is 34.6 Å². The van der Waals surface area contributed by atoms with Gasteiger partial charge in [-0.05, 0) is 85.3 Å². The minimum absolute atomic E-state index is 0. The summed E-state index contributed by atoms with van der Waals surface area (Å²) in [6.45, 7) is 1.46. The van der Waals surface area contributed by atoms with Gasteiger partial charge in [0, 0.05) is 17.9 Å². The van der Waals surface area contributed by atoms with Crippen molar-refractivity contribution in [2.24, 2.45) is 0 Å². The molecule has 0 aliphatic heterocycles. The third kappa shape index (κ3) is 10.1. The Morgan fingerprint density at radius 3 is 2.06 bits per heavy atom. The molecule has 3 aromatic carbocycles. The second-order valence-corrected chi connectivity index (χ2v) is 14.2. The van der Waals surface area contributed by atoms with Crippen molar-refractivity contribution >= 4 is 76.3 Å².